The van der Waals surface area contributed by atoms with Crippen LogP contribution in [0.3, 0.4) is 0 Å². The van der Waals surface area contributed by atoms with Gasteiger partial charge in [-0.3, -0.25) is 13.8 Å². The van der Waals surface area contributed by atoms with E-state index in [1.54, 1.807) is 0 Å². The number of nitrogens with one attached hydrogen (secondary N) is 1. The zero-order chi connectivity index (χ0) is 31.5. The highest BCUT2D eigenvalue weighted by Gasteiger charge is 2.28. The quantitative estimate of drug-likeness (QED) is 0.0409. The smallest absolute Gasteiger partial charge is 0.391 e. The summed E-state index contributed by atoms with van der Waals surface area (Å²) in [6, 6.07) is -0.748. The molecule has 0 aromatic heterocycles. The average Bonchev–Trinajstić information content (AvgIpc) is 2.92. The SMILES string of the molecule is CCCCCCCCCCCCCCCCCCCC(=O)NC(COP(=O)(O)OCC[N+](C)(C)C)C(O)CCCCC. The Labute approximate surface area is 259 Å². The van der Waals surface area contributed by atoms with Gasteiger partial charge in [-0.2, -0.15) is 0 Å². The van der Waals surface area contributed by atoms with Crippen molar-refractivity contribution < 1.29 is 32.9 Å². The third-order valence-corrected chi connectivity index (χ3v) is 8.84. The Morgan fingerprint density at radius 3 is 1.60 bits per heavy atom. The Morgan fingerprint density at radius 2 is 1.14 bits per heavy atom. The zero-order valence-corrected chi connectivity index (χ0v) is 29.1. The minimum Gasteiger partial charge on any atom is -0.391 e. The normalized spacial score (nSPS) is 14.9. The van der Waals surface area contributed by atoms with E-state index in [2.05, 4.69) is 19.2 Å². The summed E-state index contributed by atoms with van der Waals surface area (Å²) in [6.45, 7) is 4.71. The average molecular weight is 622 g/mol. The Bertz CT molecular complexity index is 673. The maximum atomic E-state index is 12.6. The molecule has 0 spiro atoms. The molecule has 0 saturated carbocycles. The topological polar surface area (TPSA) is 105 Å². The molecule has 1 amide bonds. The van der Waals surface area contributed by atoms with E-state index >= 15 is 0 Å². The maximum Gasteiger partial charge on any atom is 0.472 e. The van der Waals surface area contributed by atoms with Crippen LogP contribution in [0, 0.1) is 0 Å². The molecule has 3 unspecified atom stereocenters. The number of aliphatic hydroxyl groups is 1. The number of carbonyl (C=O) groups excluding carboxylic acids is 1. The van der Waals surface area contributed by atoms with E-state index in [1.165, 1.54) is 89.9 Å². The Balaban J connectivity index is 4.09. The maximum absolute atomic E-state index is 12.6. The van der Waals surface area contributed by atoms with E-state index in [4.69, 9.17) is 9.05 Å². The number of amides is 1. The molecule has 0 bridgehead atoms. The van der Waals surface area contributed by atoms with Crippen molar-refractivity contribution in [2.75, 3.05) is 40.9 Å². The summed E-state index contributed by atoms with van der Waals surface area (Å²) in [5, 5.41) is 13.5. The first kappa shape index (κ1) is 41.5. The fourth-order valence-corrected chi connectivity index (χ4v) is 5.72. The molecular weight excluding hydrogens is 551 g/mol. The van der Waals surface area contributed by atoms with Crippen molar-refractivity contribution >= 4 is 13.7 Å². The number of phosphoric acid groups is 1. The van der Waals surface area contributed by atoms with Crippen molar-refractivity contribution in [3.8, 4) is 0 Å². The van der Waals surface area contributed by atoms with E-state index in [-0.39, 0.29) is 19.1 Å². The summed E-state index contributed by atoms with van der Waals surface area (Å²) in [4.78, 5) is 22.7. The number of likely N-dealkylation sites (N-methyl/N-ethyl adjacent to an activating group) is 1. The molecule has 0 aliphatic rings. The molecule has 3 atom stereocenters. The highest BCUT2D eigenvalue weighted by atomic mass is 31.2. The van der Waals surface area contributed by atoms with Gasteiger partial charge in [0.1, 0.15) is 13.2 Å². The van der Waals surface area contributed by atoms with Crippen LogP contribution in [0.4, 0.5) is 0 Å². The number of aliphatic hydroxyl groups excluding tert-OH is 1. The van der Waals surface area contributed by atoms with Crippen LogP contribution in [-0.2, 0) is 18.4 Å². The van der Waals surface area contributed by atoms with Crippen molar-refractivity contribution in [2.24, 2.45) is 0 Å². The highest BCUT2D eigenvalue weighted by molar-refractivity contribution is 7.47. The van der Waals surface area contributed by atoms with Gasteiger partial charge in [-0.15, -0.1) is 0 Å². The molecule has 0 radical (unpaired) electrons. The van der Waals surface area contributed by atoms with Gasteiger partial charge in [0, 0.05) is 6.42 Å². The molecule has 252 valence electrons. The first-order chi connectivity index (χ1) is 20.0. The predicted octanol–water partition coefficient (Wildman–Crippen LogP) is 8.29. The second-order valence-electron chi connectivity index (χ2n) is 13.3. The fourth-order valence-electron chi connectivity index (χ4n) is 4.98. The summed E-state index contributed by atoms with van der Waals surface area (Å²) < 4.78 is 23.2. The number of phosphoric ester groups is 1. The number of quaternary nitrogens is 1. The third-order valence-electron chi connectivity index (χ3n) is 7.86. The van der Waals surface area contributed by atoms with E-state index in [0.717, 1.165) is 38.5 Å². The lowest BCUT2D eigenvalue weighted by molar-refractivity contribution is -0.870. The number of hydrogen-bond donors (Lipinski definition) is 3. The van der Waals surface area contributed by atoms with E-state index in [1.807, 2.05) is 21.1 Å². The number of carbonyl (C=O) groups is 1. The number of rotatable bonds is 31. The van der Waals surface area contributed by atoms with E-state index in [9.17, 15) is 19.4 Å². The molecule has 3 N–H and O–H groups in total. The van der Waals surface area contributed by atoms with E-state index < -0.39 is 20.0 Å². The summed E-state index contributed by atoms with van der Waals surface area (Å²) >= 11 is 0. The zero-order valence-electron chi connectivity index (χ0n) is 28.3. The molecular formula is C33H70N2O6P+. The number of unbranched alkanes of at least 4 members (excludes halogenated alkanes) is 18. The molecule has 0 saturated heterocycles. The van der Waals surface area contributed by atoms with Gasteiger partial charge in [-0.25, -0.2) is 4.57 Å². The minimum absolute atomic E-state index is 0.0761. The van der Waals surface area contributed by atoms with Crippen molar-refractivity contribution in [1.29, 1.82) is 0 Å². The van der Waals surface area contributed by atoms with E-state index in [0.29, 0.717) is 23.9 Å². The predicted molar refractivity (Wildman–Crippen MR) is 175 cm³/mol. The lowest BCUT2D eigenvalue weighted by atomic mass is 10.0. The lowest BCUT2D eigenvalue weighted by Gasteiger charge is -2.26. The largest absolute Gasteiger partial charge is 0.472 e. The second-order valence-corrected chi connectivity index (χ2v) is 14.7. The first-order valence-electron chi connectivity index (χ1n) is 17.4. The van der Waals surface area contributed by atoms with Gasteiger partial charge >= 0.3 is 7.82 Å². The van der Waals surface area contributed by atoms with Crippen molar-refractivity contribution in [3.63, 3.8) is 0 Å². The van der Waals surface area contributed by atoms with Gasteiger partial charge in [0.25, 0.3) is 0 Å². The third kappa shape index (κ3) is 28.3. The number of hydrogen-bond acceptors (Lipinski definition) is 5. The summed E-state index contributed by atoms with van der Waals surface area (Å²) in [6.07, 6.45) is 24.8. The fraction of sp³-hybridized carbons (Fsp3) is 0.970. The van der Waals surface area contributed by atoms with Gasteiger partial charge in [0.05, 0.1) is 39.9 Å². The second kappa shape index (κ2) is 26.9. The monoisotopic (exact) mass is 621 g/mol. The Kier molecular flexibility index (Phi) is 26.5. The van der Waals surface area contributed by atoms with Gasteiger partial charge in [-0.05, 0) is 12.8 Å². The molecule has 0 aromatic carbocycles. The number of nitrogens with zero attached hydrogens (tertiary/aromatic N) is 1. The van der Waals surface area contributed by atoms with Crippen LogP contribution in [0.2, 0.25) is 0 Å². The Hall–Kier alpha value is -0.500. The van der Waals surface area contributed by atoms with Gasteiger partial charge in [0.15, 0.2) is 0 Å². The van der Waals surface area contributed by atoms with Crippen LogP contribution >= 0.6 is 7.82 Å². The molecule has 42 heavy (non-hydrogen) atoms. The molecule has 8 nitrogen and oxygen atoms in total. The van der Waals surface area contributed by atoms with Crippen LogP contribution in [-0.4, -0.2) is 73.4 Å². The molecule has 0 aromatic rings. The molecule has 0 aliphatic heterocycles. The van der Waals surface area contributed by atoms with Gasteiger partial charge in [-0.1, -0.05) is 136 Å². The molecule has 0 rings (SSSR count). The molecule has 0 heterocycles. The first-order valence-corrected chi connectivity index (χ1v) is 18.9. The van der Waals surface area contributed by atoms with Gasteiger partial charge in [0.2, 0.25) is 5.91 Å². The molecule has 0 fully saturated rings. The van der Waals surface area contributed by atoms with Crippen LogP contribution < -0.4 is 5.32 Å². The lowest BCUT2D eigenvalue weighted by Crippen LogP contribution is -2.46. The van der Waals surface area contributed by atoms with Crippen molar-refractivity contribution in [3.05, 3.63) is 0 Å². The van der Waals surface area contributed by atoms with Crippen LogP contribution in [0.5, 0.6) is 0 Å². The van der Waals surface area contributed by atoms with Crippen molar-refractivity contribution in [2.45, 2.75) is 167 Å². The summed E-state index contributed by atoms with van der Waals surface area (Å²) in [5.74, 6) is -0.155. The Morgan fingerprint density at radius 1 is 0.714 bits per heavy atom. The van der Waals surface area contributed by atoms with Crippen LogP contribution in [0.15, 0.2) is 0 Å². The highest BCUT2D eigenvalue weighted by Crippen LogP contribution is 2.43. The molecule has 0 aliphatic carbocycles. The minimum atomic E-state index is -4.28. The summed E-state index contributed by atoms with van der Waals surface area (Å²) in [7, 11) is 1.61. The molecule has 9 heteroatoms. The van der Waals surface area contributed by atoms with Crippen LogP contribution in [0.1, 0.15) is 155 Å². The standard InChI is InChI=1S/C33H69N2O6P/c1-6-8-10-11-12-13-14-15-16-17-18-19-20-21-22-23-25-27-33(37)34-31(32(36)26-24-9-7-2)30-41-42(38,39)40-29-28-35(3,4)5/h31-32,36H,6-30H2,1-5H3,(H-,34,37,38,39)/p+1. The van der Waals surface area contributed by atoms with Crippen molar-refractivity contribution in [1.82, 2.24) is 5.32 Å². The van der Waals surface area contributed by atoms with Crippen LogP contribution in [0.25, 0.3) is 0 Å². The van der Waals surface area contributed by atoms with Gasteiger partial charge < -0.3 is 19.8 Å². The summed E-state index contributed by atoms with van der Waals surface area (Å²) in [5.41, 5.74) is 0.